The highest BCUT2D eigenvalue weighted by atomic mass is 35.5. The van der Waals surface area contributed by atoms with Crippen molar-refractivity contribution in [3.05, 3.63) is 53.1 Å². The molecule has 1 aliphatic carbocycles. The Labute approximate surface area is 159 Å². The molecule has 0 saturated heterocycles. The van der Waals surface area contributed by atoms with E-state index >= 15 is 0 Å². The molecule has 1 heterocycles. The minimum absolute atomic E-state index is 0.0261. The SMILES string of the molecule is N#C[C@]1(C(=O)O)[C@@H](c2ccc3c(c2)OCO3)[C@@H]1S(=O)(=O)c1ccc(Cl)cc1. The van der Waals surface area contributed by atoms with Gasteiger partial charge in [-0.1, -0.05) is 17.7 Å². The molecular formula is C18H12ClNO6S. The summed E-state index contributed by atoms with van der Waals surface area (Å²) >= 11 is 5.80. The molecule has 9 heteroatoms. The van der Waals surface area contributed by atoms with Crippen LogP contribution in [0.1, 0.15) is 11.5 Å². The lowest BCUT2D eigenvalue weighted by molar-refractivity contribution is -0.141. The van der Waals surface area contributed by atoms with Gasteiger partial charge in [0.2, 0.25) is 6.79 Å². The van der Waals surface area contributed by atoms with Gasteiger partial charge in [0.15, 0.2) is 26.8 Å². The van der Waals surface area contributed by atoms with Gasteiger partial charge in [-0.2, -0.15) is 5.26 Å². The van der Waals surface area contributed by atoms with Gasteiger partial charge in [-0.3, -0.25) is 4.79 Å². The Kier molecular flexibility index (Phi) is 3.84. The van der Waals surface area contributed by atoms with E-state index in [0.29, 0.717) is 22.1 Å². The molecule has 0 aromatic heterocycles. The first-order chi connectivity index (χ1) is 12.8. The van der Waals surface area contributed by atoms with Crippen LogP contribution in [0.4, 0.5) is 0 Å². The fraction of sp³-hybridized carbons (Fsp3) is 0.222. The quantitative estimate of drug-likeness (QED) is 0.831. The van der Waals surface area contributed by atoms with Crippen molar-refractivity contribution in [2.75, 3.05) is 6.79 Å². The maximum Gasteiger partial charge on any atom is 0.326 e. The van der Waals surface area contributed by atoms with E-state index < -0.39 is 32.4 Å². The Morgan fingerprint density at radius 3 is 2.48 bits per heavy atom. The minimum atomic E-state index is -4.09. The summed E-state index contributed by atoms with van der Waals surface area (Å²) in [5.74, 6) is -1.64. The monoisotopic (exact) mass is 405 g/mol. The van der Waals surface area contributed by atoms with E-state index in [-0.39, 0.29) is 11.7 Å². The molecule has 7 nitrogen and oxygen atoms in total. The maximum absolute atomic E-state index is 13.1. The van der Waals surface area contributed by atoms with Crippen LogP contribution in [0.2, 0.25) is 5.02 Å². The second-order valence-electron chi connectivity index (χ2n) is 6.30. The van der Waals surface area contributed by atoms with Gasteiger partial charge in [-0.15, -0.1) is 0 Å². The molecule has 1 fully saturated rings. The van der Waals surface area contributed by atoms with Crippen LogP contribution in [-0.4, -0.2) is 31.5 Å². The highest BCUT2D eigenvalue weighted by molar-refractivity contribution is 7.92. The summed E-state index contributed by atoms with van der Waals surface area (Å²) in [7, 11) is -4.09. The van der Waals surface area contributed by atoms with Gasteiger partial charge < -0.3 is 14.6 Å². The van der Waals surface area contributed by atoms with Crippen molar-refractivity contribution < 1.29 is 27.8 Å². The summed E-state index contributed by atoms with van der Waals surface area (Å²) < 4.78 is 36.7. The van der Waals surface area contributed by atoms with Crippen LogP contribution in [0.25, 0.3) is 0 Å². The van der Waals surface area contributed by atoms with E-state index in [2.05, 4.69) is 0 Å². The summed E-state index contributed by atoms with van der Waals surface area (Å²) in [6.45, 7) is 0.0261. The van der Waals surface area contributed by atoms with Crippen LogP contribution < -0.4 is 9.47 Å². The number of fused-ring (bicyclic) bond motifs is 1. The number of benzene rings is 2. The molecule has 1 N–H and O–H groups in total. The first kappa shape index (κ1) is 17.6. The van der Waals surface area contributed by atoms with E-state index in [4.69, 9.17) is 21.1 Å². The van der Waals surface area contributed by atoms with Crippen molar-refractivity contribution in [2.24, 2.45) is 5.41 Å². The van der Waals surface area contributed by atoms with Gasteiger partial charge in [-0.25, -0.2) is 8.42 Å². The molecule has 0 spiro atoms. The number of aliphatic carboxylic acids is 1. The molecule has 2 aromatic rings. The number of nitriles is 1. The maximum atomic E-state index is 13.1. The van der Waals surface area contributed by atoms with Crippen LogP contribution >= 0.6 is 11.6 Å². The average molecular weight is 406 g/mol. The molecule has 4 rings (SSSR count). The molecular weight excluding hydrogens is 394 g/mol. The molecule has 2 aliphatic rings. The number of hydrogen-bond acceptors (Lipinski definition) is 6. The molecule has 1 aliphatic heterocycles. The molecule has 0 amide bonds. The zero-order valence-corrected chi connectivity index (χ0v) is 15.2. The molecule has 3 atom stereocenters. The van der Waals surface area contributed by atoms with E-state index in [1.807, 2.05) is 0 Å². The van der Waals surface area contributed by atoms with Crippen molar-refractivity contribution in [1.82, 2.24) is 0 Å². The van der Waals surface area contributed by atoms with E-state index in [0.717, 1.165) is 0 Å². The highest BCUT2D eigenvalue weighted by Crippen LogP contribution is 2.64. The predicted molar refractivity (Wildman–Crippen MR) is 93.4 cm³/mol. The standard InChI is InChI=1S/C18H12ClNO6S/c19-11-2-4-12(5-3-11)27(23,24)16-15(18(16,8-20)17(21)22)10-1-6-13-14(7-10)26-9-25-13/h1-7,15-16H,9H2,(H,21,22)/t15-,16-,18-/m0/s1. The van der Waals surface area contributed by atoms with E-state index in [1.165, 1.54) is 30.3 Å². The Balaban J connectivity index is 1.82. The topological polar surface area (TPSA) is 114 Å². The van der Waals surface area contributed by atoms with Gasteiger partial charge in [0.1, 0.15) is 5.25 Å². The van der Waals surface area contributed by atoms with Crippen molar-refractivity contribution in [3.8, 4) is 17.6 Å². The number of halogens is 1. The molecule has 138 valence electrons. The Hall–Kier alpha value is -2.76. The number of hydrogen-bond donors (Lipinski definition) is 1. The van der Waals surface area contributed by atoms with Gasteiger partial charge in [0.25, 0.3) is 0 Å². The lowest BCUT2D eigenvalue weighted by atomic mass is 10.0. The number of carboxylic acids is 1. The second kappa shape index (κ2) is 5.87. The summed E-state index contributed by atoms with van der Waals surface area (Å²) in [5, 5.41) is 18.2. The highest BCUT2D eigenvalue weighted by Gasteiger charge is 2.77. The normalized spacial score (nSPS) is 25.6. The van der Waals surface area contributed by atoms with Crippen LogP contribution in [0.5, 0.6) is 11.5 Å². The van der Waals surface area contributed by atoms with Crippen LogP contribution in [0, 0.1) is 16.7 Å². The first-order valence-corrected chi connectivity index (χ1v) is 9.78. The van der Waals surface area contributed by atoms with Crippen molar-refractivity contribution in [1.29, 1.82) is 5.26 Å². The summed E-state index contributed by atoms with van der Waals surface area (Å²) in [4.78, 5) is 11.8. The zero-order valence-electron chi connectivity index (χ0n) is 13.6. The first-order valence-electron chi connectivity index (χ1n) is 7.86. The van der Waals surface area contributed by atoms with Crippen molar-refractivity contribution in [2.45, 2.75) is 16.1 Å². The Morgan fingerprint density at radius 1 is 1.19 bits per heavy atom. The third-order valence-electron chi connectivity index (χ3n) is 4.90. The van der Waals surface area contributed by atoms with Gasteiger partial charge in [0.05, 0.1) is 11.0 Å². The van der Waals surface area contributed by atoms with Crippen LogP contribution in [0.15, 0.2) is 47.4 Å². The minimum Gasteiger partial charge on any atom is -0.480 e. The Morgan fingerprint density at radius 2 is 1.85 bits per heavy atom. The van der Waals surface area contributed by atoms with Crippen molar-refractivity contribution in [3.63, 3.8) is 0 Å². The molecule has 27 heavy (non-hydrogen) atoms. The van der Waals surface area contributed by atoms with Gasteiger partial charge >= 0.3 is 5.97 Å². The number of carbonyl (C=O) groups is 1. The Bertz CT molecular complexity index is 1090. The number of carboxylic acid groups (broad SMARTS) is 1. The molecule has 2 aromatic carbocycles. The van der Waals surface area contributed by atoms with Gasteiger partial charge in [-0.05, 0) is 42.0 Å². The number of rotatable bonds is 4. The van der Waals surface area contributed by atoms with E-state index in [9.17, 15) is 23.6 Å². The summed E-state index contributed by atoms with van der Waals surface area (Å²) in [5.41, 5.74) is -1.68. The third kappa shape index (κ3) is 2.46. The molecule has 0 radical (unpaired) electrons. The van der Waals surface area contributed by atoms with Crippen LogP contribution in [0.3, 0.4) is 0 Å². The van der Waals surface area contributed by atoms with Crippen molar-refractivity contribution >= 4 is 27.4 Å². The smallest absolute Gasteiger partial charge is 0.326 e. The zero-order chi connectivity index (χ0) is 19.4. The van der Waals surface area contributed by atoms with E-state index in [1.54, 1.807) is 18.2 Å². The fourth-order valence-corrected chi connectivity index (χ4v) is 5.91. The number of ether oxygens (including phenoxy) is 2. The fourth-order valence-electron chi connectivity index (χ4n) is 3.53. The largest absolute Gasteiger partial charge is 0.480 e. The lowest BCUT2D eigenvalue weighted by Gasteiger charge is -2.05. The molecule has 1 saturated carbocycles. The second-order valence-corrected chi connectivity index (χ2v) is 8.80. The summed E-state index contributed by atoms with van der Waals surface area (Å²) in [6.07, 6.45) is 0. The number of sulfone groups is 1. The average Bonchev–Trinajstić information content (AvgIpc) is 3.15. The summed E-state index contributed by atoms with van der Waals surface area (Å²) in [6, 6.07) is 11.8. The molecule has 0 unspecified atom stereocenters. The predicted octanol–water partition coefficient (Wildman–Crippen LogP) is 2.60. The number of nitrogens with zero attached hydrogens (tertiary/aromatic N) is 1. The lowest BCUT2D eigenvalue weighted by Crippen LogP contribution is -2.22. The third-order valence-corrected chi connectivity index (χ3v) is 7.40. The van der Waals surface area contributed by atoms with Crippen LogP contribution in [-0.2, 0) is 14.6 Å². The molecule has 0 bridgehead atoms. The van der Waals surface area contributed by atoms with Gasteiger partial charge in [0, 0.05) is 10.9 Å².